The molecule has 1 aromatic carbocycles. The number of imidazole rings is 1. The number of aromatic amines is 1. The van der Waals surface area contributed by atoms with Gasteiger partial charge < -0.3 is 9.72 Å². The molecule has 1 heterocycles. The quantitative estimate of drug-likeness (QED) is 0.811. The van der Waals surface area contributed by atoms with Gasteiger partial charge in [-0.2, -0.15) is 0 Å². The summed E-state index contributed by atoms with van der Waals surface area (Å²) in [6.45, 7) is 0. The van der Waals surface area contributed by atoms with Crippen LogP contribution in [0.1, 0.15) is 0 Å². The molecule has 0 atom stereocenters. The second kappa shape index (κ2) is 2.79. The second-order valence-electron chi connectivity index (χ2n) is 2.38. The van der Waals surface area contributed by atoms with Gasteiger partial charge in [-0.05, 0) is 28.1 Å². The number of hydrogen-bond donors (Lipinski definition) is 1. The third kappa shape index (κ3) is 0.992. The molecule has 0 unspecified atom stereocenters. The summed E-state index contributed by atoms with van der Waals surface area (Å²) in [5.41, 5.74) is 1.84. The lowest BCUT2D eigenvalue weighted by Crippen LogP contribution is -1.85. The summed E-state index contributed by atoms with van der Waals surface area (Å²) in [7, 11) is 1.63. The van der Waals surface area contributed by atoms with Gasteiger partial charge in [0.05, 0.1) is 23.4 Å². The van der Waals surface area contributed by atoms with Crippen LogP contribution in [0.5, 0.6) is 5.75 Å². The van der Waals surface area contributed by atoms with Crippen molar-refractivity contribution in [2.75, 3.05) is 7.11 Å². The van der Waals surface area contributed by atoms with Gasteiger partial charge in [0.15, 0.2) is 5.75 Å². The van der Waals surface area contributed by atoms with Crippen LogP contribution in [0.25, 0.3) is 11.0 Å². The van der Waals surface area contributed by atoms with Crippen LogP contribution in [0.15, 0.2) is 22.9 Å². The van der Waals surface area contributed by atoms with Gasteiger partial charge in [0.25, 0.3) is 0 Å². The van der Waals surface area contributed by atoms with E-state index in [1.807, 2.05) is 12.1 Å². The molecule has 0 bridgehead atoms. The Morgan fingerprint density at radius 3 is 3.08 bits per heavy atom. The normalized spacial score (nSPS) is 10.5. The topological polar surface area (TPSA) is 37.9 Å². The predicted octanol–water partition coefficient (Wildman–Crippen LogP) is 2.33. The van der Waals surface area contributed by atoms with Crippen LogP contribution in [0, 0.1) is 0 Å². The first-order valence-electron chi connectivity index (χ1n) is 3.48. The molecular weight excluding hydrogens is 220 g/mol. The zero-order chi connectivity index (χ0) is 8.55. The maximum Gasteiger partial charge on any atom is 0.160 e. The van der Waals surface area contributed by atoms with E-state index in [0.717, 1.165) is 21.3 Å². The van der Waals surface area contributed by atoms with Crippen molar-refractivity contribution in [3.05, 3.63) is 22.9 Å². The molecule has 0 aliphatic heterocycles. The van der Waals surface area contributed by atoms with Crippen molar-refractivity contribution in [3.63, 3.8) is 0 Å². The number of aromatic nitrogens is 2. The molecule has 0 amide bonds. The molecule has 3 nitrogen and oxygen atoms in total. The van der Waals surface area contributed by atoms with E-state index in [-0.39, 0.29) is 0 Å². The van der Waals surface area contributed by atoms with Crippen LogP contribution in [-0.2, 0) is 0 Å². The number of nitrogens with one attached hydrogen (secondary N) is 1. The number of halogens is 1. The van der Waals surface area contributed by atoms with E-state index in [1.165, 1.54) is 0 Å². The number of fused-ring (bicyclic) bond motifs is 1. The van der Waals surface area contributed by atoms with Gasteiger partial charge in [-0.15, -0.1) is 0 Å². The summed E-state index contributed by atoms with van der Waals surface area (Å²) < 4.78 is 6.11. The van der Waals surface area contributed by atoms with Crippen LogP contribution in [-0.4, -0.2) is 17.1 Å². The first kappa shape index (κ1) is 7.61. The molecule has 0 aliphatic rings. The minimum absolute atomic E-state index is 0.772. The van der Waals surface area contributed by atoms with Gasteiger partial charge in [0.2, 0.25) is 0 Å². The number of methoxy groups -OCH3 is 1. The molecule has 0 fully saturated rings. The van der Waals surface area contributed by atoms with Crippen molar-refractivity contribution in [2.45, 2.75) is 0 Å². The fourth-order valence-corrected chi connectivity index (χ4v) is 1.63. The Morgan fingerprint density at radius 2 is 2.33 bits per heavy atom. The monoisotopic (exact) mass is 226 g/mol. The highest BCUT2D eigenvalue weighted by atomic mass is 79.9. The molecule has 12 heavy (non-hydrogen) atoms. The van der Waals surface area contributed by atoms with E-state index >= 15 is 0 Å². The van der Waals surface area contributed by atoms with Crippen LogP contribution in [0.2, 0.25) is 0 Å². The minimum Gasteiger partial charge on any atom is -0.493 e. The third-order valence-electron chi connectivity index (χ3n) is 1.70. The summed E-state index contributed by atoms with van der Waals surface area (Å²) in [6.07, 6.45) is 1.65. The fourth-order valence-electron chi connectivity index (χ4n) is 1.15. The van der Waals surface area contributed by atoms with Crippen molar-refractivity contribution >= 4 is 27.0 Å². The summed E-state index contributed by atoms with van der Waals surface area (Å²) in [4.78, 5) is 7.15. The molecule has 0 radical (unpaired) electrons. The van der Waals surface area contributed by atoms with Gasteiger partial charge in [0.1, 0.15) is 5.52 Å². The molecule has 0 spiro atoms. The number of H-pyrrole nitrogens is 1. The van der Waals surface area contributed by atoms with E-state index in [2.05, 4.69) is 25.9 Å². The Morgan fingerprint density at radius 1 is 1.50 bits per heavy atom. The Labute approximate surface area is 77.9 Å². The lowest BCUT2D eigenvalue weighted by atomic mass is 10.3. The number of nitrogens with zero attached hydrogens (tertiary/aromatic N) is 1. The summed E-state index contributed by atoms with van der Waals surface area (Å²) >= 11 is 3.38. The van der Waals surface area contributed by atoms with Crippen molar-refractivity contribution in [2.24, 2.45) is 0 Å². The first-order chi connectivity index (χ1) is 5.83. The first-order valence-corrected chi connectivity index (χ1v) is 4.28. The summed E-state index contributed by atoms with van der Waals surface area (Å²) in [5, 5.41) is 0. The Hall–Kier alpha value is -1.03. The fraction of sp³-hybridized carbons (Fsp3) is 0.125. The molecule has 1 N–H and O–H groups in total. The standard InChI is InChI=1S/C8H7BrN2O/c1-12-8-5(9)2-3-6-7(8)11-4-10-6/h2-4H,1H3,(H,10,11). The summed E-state index contributed by atoms with van der Waals surface area (Å²) in [6, 6.07) is 3.88. The van der Waals surface area contributed by atoms with Crippen molar-refractivity contribution in [3.8, 4) is 5.75 Å². The van der Waals surface area contributed by atoms with Crippen molar-refractivity contribution in [1.82, 2.24) is 9.97 Å². The average Bonchev–Trinajstić information content (AvgIpc) is 2.52. The van der Waals surface area contributed by atoms with Gasteiger partial charge in [0, 0.05) is 0 Å². The summed E-state index contributed by atoms with van der Waals surface area (Å²) in [5.74, 6) is 0.772. The molecule has 62 valence electrons. The van der Waals surface area contributed by atoms with Gasteiger partial charge in [-0.25, -0.2) is 4.98 Å². The van der Waals surface area contributed by atoms with Crippen LogP contribution in [0.3, 0.4) is 0 Å². The van der Waals surface area contributed by atoms with E-state index in [4.69, 9.17) is 4.74 Å². The third-order valence-corrected chi connectivity index (χ3v) is 2.33. The average molecular weight is 227 g/mol. The van der Waals surface area contributed by atoms with Crippen LogP contribution >= 0.6 is 15.9 Å². The molecule has 0 saturated carbocycles. The van der Waals surface area contributed by atoms with E-state index in [9.17, 15) is 0 Å². The van der Waals surface area contributed by atoms with Gasteiger partial charge >= 0.3 is 0 Å². The maximum atomic E-state index is 5.19. The molecular formula is C8H7BrN2O. The largest absolute Gasteiger partial charge is 0.493 e. The van der Waals surface area contributed by atoms with E-state index < -0.39 is 0 Å². The number of rotatable bonds is 1. The van der Waals surface area contributed by atoms with Gasteiger partial charge in [-0.3, -0.25) is 0 Å². The number of hydrogen-bond acceptors (Lipinski definition) is 2. The van der Waals surface area contributed by atoms with Crippen LogP contribution in [0.4, 0.5) is 0 Å². The minimum atomic E-state index is 0.772. The van der Waals surface area contributed by atoms with E-state index in [1.54, 1.807) is 13.4 Å². The Bertz CT molecular complexity index is 410. The van der Waals surface area contributed by atoms with Crippen molar-refractivity contribution < 1.29 is 4.74 Å². The Balaban J connectivity index is 2.83. The Kier molecular flexibility index (Phi) is 1.77. The highest BCUT2D eigenvalue weighted by Crippen LogP contribution is 2.31. The maximum absolute atomic E-state index is 5.19. The zero-order valence-corrected chi connectivity index (χ0v) is 8.05. The lowest BCUT2D eigenvalue weighted by Gasteiger charge is -2.02. The molecule has 2 rings (SSSR count). The number of benzene rings is 1. The molecule has 0 saturated heterocycles. The predicted molar refractivity (Wildman–Crippen MR) is 50.3 cm³/mol. The highest BCUT2D eigenvalue weighted by molar-refractivity contribution is 9.10. The van der Waals surface area contributed by atoms with E-state index in [0.29, 0.717) is 0 Å². The zero-order valence-electron chi connectivity index (χ0n) is 6.47. The smallest absolute Gasteiger partial charge is 0.160 e. The van der Waals surface area contributed by atoms with Gasteiger partial charge in [-0.1, -0.05) is 0 Å². The van der Waals surface area contributed by atoms with Crippen LogP contribution < -0.4 is 4.74 Å². The number of ether oxygens (including phenoxy) is 1. The second-order valence-corrected chi connectivity index (χ2v) is 3.23. The molecule has 2 aromatic rings. The SMILES string of the molecule is COc1c(Br)ccc2[nH]cnc12. The lowest BCUT2D eigenvalue weighted by molar-refractivity contribution is 0.416. The van der Waals surface area contributed by atoms with Crippen molar-refractivity contribution in [1.29, 1.82) is 0 Å². The molecule has 0 aliphatic carbocycles. The highest BCUT2D eigenvalue weighted by Gasteiger charge is 2.06. The molecule has 4 heteroatoms. The molecule has 1 aromatic heterocycles.